The standard InChI is InChI=1S/C56H37NO/c1-56(49-24-12-9-21-45(49)46-22-10-13-25-50(46)56)51-33-34-53-54(47-23-11-14-26-52(47)58-53)55(51)57(38-29-27-37(28-30-38)36-15-3-2-4-16-36)39-31-32-44-42-19-6-5-17-40(42)41-18-7-8-20-43(41)48(44)35-39/h2-35H,1H3. The number of rotatable bonds is 5. The van der Waals surface area contributed by atoms with Gasteiger partial charge in [0, 0.05) is 22.2 Å². The van der Waals surface area contributed by atoms with Gasteiger partial charge in [-0.15, -0.1) is 0 Å². The molecule has 58 heavy (non-hydrogen) atoms. The Morgan fingerprint density at radius 2 is 0.862 bits per heavy atom. The van der Waals surface area contributed by atoms with Crippen LogP contribution >= 0.6 is 0 Å². The average molecular weight is 740 g/mol. The van der Waals surface area contributed by atoms with Crippen molar-refractivity contribution in [2.45, 2.75) is 12.3 Å². The van der Waals surface area contributed by atoms with Crippen LogP contribution in [-0.4, -0.2) is 0 Å². The van der Waals surface area contributed by atoms with Crippen LogP contribution in [-0.2, 0) is 5.41 Å². The highest BCUT2D eigenvalue weighted by atomic mass is 16.3. The molecule has 0 spiro atoms. The van der Waals surface area contributed by atoms with Crippen LogP contribution in [0.5, 0.6) is 0 Å². The van der Waals surface area contributed by atoms with Gasteiger partial charge < -0.3 is 9.32 Å². The average Bonchev–Trinajstić information content (AvgIpc) is 3.80. The molecule has 0 fully saturated rings. The van der Waals surface area contributed by atoms with Crippen molar-refractivity contribution in [2.75, 3.05) is 4.90 Å². The first-order chi connectivity index (χ1) is 28.7. The smallest absolute Gasteiger partial charge is 0.137 e. The molecule has 0 atom stereocenters. The summed E-state index contributed by atoms with van der Waals surface area (Å²) in [5.74, 6) is 0. The van der Waals surface area contributed by atoms with Crippen molar-refractivity contribution in [1.29, 1.82) is 0 Å². The molecule has 0 unspecified atom stereocenters. The van der Waals surface area contributed by atoms with E-state index >= 15 is 0 Å². The van der Waals surface area contributed by atoms with Crippen molar-refractivity contribution >= 4 is 71.3 Å². The molecule has 1 aliphatic rings. The fourth-order valence-electron chi connectivity index (χ4n) is 10.1. The Kier molecular flexibility index (Phi) is 7.09. The number of benzene rings is 10. The molecule has 0 N–H and O–H groups in total. The summed E-state index contributed by atoms with van der Waals surface area (Å²) >= 11 is 0. The minimum Gasteiger partial charge on any atom is -0.456 e. The Morgan fingerprint density at radius 1 is 0.362 bits per heavy atom. The number of hydrogen-bond donors (Lipinski definition) is 0. The molecule has 0 bridgehead atoms. The maximum atomic E-state index is 6.73. The Balaban J connectivity index is 1.22. The van der Waals surface area contributed by atoms with Gasteiger partial charge in [0.25, 0.3) is 0 Å². The highest BCUT2D eigenvalue weighted by Crippen LogP contribution is 2.57. The molecule has 1 heterocycles. The lowest BCUT2D eigenvalue weighted by atomic mass is 9.72. The van der Waals surface area contributed by atoms with Crippen molar-refractivity contribution in [3.63, 3.8) is 0 Å². The lowest BCUT2D eigenvalue weighted by Gasteiger charge is -2.36. The first kappa shape index (κ1) is 32.8. The first-order valence-electron chi connectivity index (χ1n) is 20.1. The summed E-state index contributed by atoms with van der Waals surface area (Å²) in [5, 5.41) is 9.72. The molecule has 0 saturated heterocycles. The molecular formula is C56H37NO. The van der Waals surface area contributed by atoms with E-state index in [1.54, 1.807) is 0 Å². The van der Waals surface area contributed by atoms with Crippen LogP contribution in [0, 0.1) is 0 Å². The molecule has 0 aliphatic heterocycles. The third kappa shape index (κ3) is 4.66. The van der Waals surface area contributed by atoms with Crippen LogP contribution in [0.1, 0.15) is 23.6 Å². The molecule has 10 aromatic carbocycles. The summed E-state index contributed by atoms with van der Waals surface area (Å²) in [6, 6.07) is 75.4. The topological polar surface area (TPSA) is 16.4 Å². The van der Waals surface area contributed by atoms with Gasteiger partial charge in [-0.1, -0.05) is 170 Å². The summed E-state index contributed by atoms with van der Waals surface area (Å²) in [6.45, 7) is 2.42. The van der Waals surface area contributed by atoms with Crippen molar-refractivity contribution in [2.24, 2.45) is 0 Å². The zero-order chi connectivity index (χ0) is 38.4. The minimum absolute atomic E-state index is 0.475. The molecule has 272 valence electrons. The Bertz CT molecular complexity index is 3330. The molecule has 11 aromatic rings. The van der Waals surface area contributed by atoms with Gasteiger partial charge in [0.2, 0.25) is 0 Å². The summed E-state index contributed by atoms with van der Waals surface area (Å²) in [6.07, 6.45) is 0. The molecule has 1 aromatic heterocycles. The molecule has 12 rings (SSSR count). The van der Waals surface area contributed by atoms with Crippen LogP contribution in [0.15, 0.2) is 211 Å². The third-order valence-electron chi connectivity index (χ3n) is 12.7. The molecule has 0 saturated carbocycles. The molecular weight excluding hydrogens is 703 g/mol. The van der Waals surface area contributed by atoms with E-state index in [2.05, 4.69) is 218 Å². The molecule has 0 radical (unpaired) electrons. The zero-order valence-electron chi connectivity index (χ0n) is 32.0. The van der Waals surface area contributed by atoms with Crippen molar-refractivity contribution in [1.82, 2.24) is 0 Å². The zero-order valence-corrected chi connectivity index (χ0v) is 32.0. The number of hydrogen-bond acceptors (Lipinski definition) is 2. The fourth-order valence-corrected chi connectivity index (χ4v) is 10.1. The summed E-state index contributed by atoms with van der Waals surface area (Å²) in [4.78, 5) is 2.51. The van der Waals surface area contributed by atoms with Gasteiger partial charge in [0.15, 0.2) is 0 Å². The number of furan rings is 1. The van der Waals surface area contributed by atoms with Crippen LogP contribution < -0.4 is 4.90 Å². The minimum atomic E-state index is -0.475. The van der Waals surface area contributed by atoms with Crippen molar-refractivity contribution < 1.29 is 4.42 Å². The number of para-hydroxylation sites is 1. The molecule has 2 nitrogen and oxygen atoms in total. The second-order valence-corrected chi connectivity index (χ2v) is 15.7. The Labute approximate surface area is 336 Å². The van der Waals surface area contributed by atoms with Gasteiger partial charge >= 0.3 is 0 Å². The van der Waals surface area contributed by atoms with Crippen LogP contribution in [0.4, 0.5) is 17.1 Å². The number of anilines is 3. The van der Waals surface area contributed by atoms with Gasteiger partial charge in [-0.25, -0.2) is 0 Å². The van der Waals surface area contributed by atoms with Crippen molar-refractivity contribution in [3.05, 3.63) is 223 Å². The van der Waals surface area contributed by atoms with Gasteiger partial charge in [-0.2, -0.15) is 0 Å². The monoisotopic (exact) mass is 739 g/mol. The van der Waals surface area contributed by atoms with Gasteiger partial charge in [0.1, 0.15) is 11.2 Å². The van der Waals surface area contributed by atoms with E-state index in [9.17, 15) is 0 Å². The van der Waals surface area contributed by atoms with E-state index in [-0.39, 0.29) is 0 Å². The molecule has 0 amide bonds. The Hall–Kier alpha value is -7.42. The normalized spacial score (nSPS) is 13.1. The highest BCUT2D eigenvalue weighted by molar-refractivity contribution is 6.26. The fraction of sp³-hybridized carbons (Fsp3) is 0.0357. The lowest BCUT2D eigenvalue weighted by molar-refractivity contribution is 0.667. The second-order valence-electron chi connectivity index (χ2n) is 15.7. The van der Waals surface area contributed by atoms with Crippen molar-refractivity contribution in [3.8, 4) is 22.3 Å². The summed E-state index contributed by atoms with van der Waals surface area (Å²) < 4.78 is 6.73. The van der Waals surface area contributed by atoms with Gasteiger partial charge in [-0.05, 0) is 115 Å². The molecule has 2 heteroatoms. The molecule has 1 aliphatic carbocycles. The SMILES string of the molecule is CC1(c2ccc3oc4ccccc4c3c2N(c2ccc(-c3ccccc3)cc2)c2ccc3c4ccccc4c4ccccc4c3c2)c2ccccc2-c2ccccc21. The van der Waals surface area contributed by atoms with Gasteiger partial charge in [-0.3, -0.25) is 0 Å². The van der Waals surface area contributed by atoms with E-state index in [4.69, 9.17) is 4.42 Å². The maximum Gasteiger partial charge on any atom is 0.137 e. The second kappa shape index (κ2) is 12.5. The Morgan fingerprint density at radius 3 is 1.52 bits per heavy atom. The predicted molar refractivity (Wildman–Crippen MR) is 244 cm³/mol. The van der Waals surface area contributed by atoms with E-state index in [1.165, 1.54) is 71.3 Å². The quantitative estimate of drug-likeness (QED) is 0.163. The maximum absolute atomic E-state index is 6.73. The van der Waals surface area contributed by atoms with E-state index < -0.39 is 5.41 Å². The predicted octanol–water partition coefficient (Wildman–Crippen LogP) is 15.5. The largest absolute Gasteiger partial charge is 0.456 e. The van der Waals surface area contributed by atoms with Crippen LogP contribution in [0.2, 0.25) is 0 Å². The third-order valence-corrected chi connectivity index (χ3v) is 12.7. The number of fused-ring (bicyclic) bond motifs is 12. The number of nitrogens with zero attached hydrogens (tertiary/aromatic N) is 1. The summed E-state index contributed by atoms with van der Waals surface area (Å²) in [5.41, 5.74) is 13.3. The van der Waals surface area contributed by atoms with Crippen LogP contribution in [0.3, 0.4) is 0 Å². The van der Waals surface area contributed by atoms with E-state index in [0.29, 0.717) is 0 Å². The van der Waals surface area contributed by atoms with E-state index in [0.717, 1.165) is 39.0 Å². The summed E-state index contributed by atoms with van der Waals surface area (Å²) in [7, 11) is 0. The lowest BCUT2D eigenvalue weighted by Crippen LogP contribution is -2.26. The van der Waals surface area contributed by atoms with Gasteiger partial charge in [0.05, 0.1) is 11.1 Å². The highest BCUT2D eigenvalue weighted by Gasteiger charge is 2.43. The van der Waals surface area contributed by atoms with Crippen LogP contribution in [0.25, 0.3) is 76.5 Å². The van der Waals surface area contributed by atoms with E-state index in [1.807, 2.05) is 0 Å². The first-order valence-corrected chi connectivity index (χ1v) is 20.1.